The van der Waals surface area contributed by atoms with Crippen LogP contribution in [0.3, 0.4) is 0 Å². The molecule has 0 heterocycles. The first-order chi connectivity index (χ1) is 7.10. The third-order valence-corrected chi connectivity index (χ3v) is 2.66. The maximum Gasteiger partial charge on any atom is 0.209 e. The molecule has 0 amide bonds. The summed E-state index contributed by atoms with van der Waals surface area (Å²) >= 11 is 0. The van der Waals surface area contributed by atoms with Gasteiger partial charge >= 0.3 is 0 Å². The fourth-order valence-corrected chi connectivity index (χ4v) is 1.75. The van der Waals surface area contributed by atoms with Crippen molar-refractivity contribution < 1.29 is 9.47 Å². The van der Waals surface area contributed by atoms with E-state index in [-0.39, 0.29) is 11.9 Å². The molecular weight excluding hydrogens is 192 g/mol. The van der Waals surface area contributed by atoms with Crippen LogP contribution in [-0.2, 0) is 9.47 Å². The van der Waals surface area contributed by atoms with E-state index in [0.29, 0.717) is 12.2 Å². The number of nitrogens with one attached hydrogen (secondary N) is 1. The number of ether oxygens (including phenoxy) is 2. The van der Waals surface area contributed by atoms with Gasteiger partial charge in [-0.2, -0.15) is 0 Å². The van der Waals surface area contributed by atoms with Gasteiger partial charge in [-0.25, -0.2) is 0 Å². The summed E-state index contributed by atoms with van der Waals surface area (Å²) < 4.78 is 10.0. The third kappa shape index (κ3) is 2.59. The van der Waals surface area contributed by atoms with Crippen molar-refractivity contribution in [2.24, 2.45) is 5.73 Å². The highest BCUT2D eigenvalue weighted by atomic mass is 16.5. The molecule has 1 aliphatic rings. The van der Waals surface area contributed by atoms with E-state index in [0.717, 1.165) is 24.0 Å². The van der Waals surface area contributed by atoms with E-state index in [2.05, 4.69) is 6.58 Å². The monoisotopic (exact) mass is 210 g/mol. The maximum atomic E-state index is 7.68. The molecular formula is C11H18N2O2. The highest BCUT2D eigenvalue weighted by Crippen LogP contribution is 2.29. The summed E-state index contributed by atoms with van der Waals surface area (Å²) in [4.78, 5) is 0. The van der Waals surface area contributed by atoms with Crippen LogP contribution in [0.1, 0.15) is 19.3 Å². The summed E-state index contributed by atoms with van der Waals surface area (Å²) in [5.41, 5.74) is 7.67. The lowest BCUT2D eigenvalue weighted by Crippen LogP contribution is -2.27. The molecule has 1 atom stereocenters. The molecule has 1 aliphatic carbocycles. The lowest BCUT2D eigenvalue weighted by Gasteiger charge is -2.25. The average molecular weight is 210 g/mol. The van der Waals surface area contributed by atoms with Gasteiger partial charge in [0.2, 0.25) is 5.90 Å². The predicted octanol–water partition coefficient (Wildman–Crippen LogP) is 1.58. The maximum absolute atomic E-state index is 7.68. The van der Waals surface area contributed by atoms with Gasteiger partial charge in [-0.1, -0.05) is 6.58 Å². The number of methoxy groups -OCH3 is 2. The summed E-state index contributed by atoms with van der Waals surface area (Å²) in [6.07, 6.45) is 2.33. The van der Waals surface area contributed by atoms with Crippen LogP contribution in [0.15, 0.2) is 23.5 Å². The van der Waals surface area contributed by atoms with Crippen LogP contribution < -0.4 is 5.73 Å². The van der Waals surface area contributed by atoms with Crippen molar-refractivity contribution in [2.75, 3.05) is 14.2 Å². The highest BCUT2D eigenvalue weighted by molar-refractivity contribution is 5.92. The van der Waals surface area contributed by atoms with Crippen molar-refractivity contribution >= 4 is 5.90 Å². The van der Waals surface area contributed by atoms with E-state index in [1.54, 1.807) is 7.11 Å². The second-order valence-corrected chi connectivity index (χ2v) is 3.62. The summed E-state index contributed by atoms with van der Waals surface area (Å²) in [7, 11) is 3.07. The molecule has 1 unspecified atom stereocenters. The predicted molar refractivity (Wildman–Crippen MR) is 59.7 cm³/mol. The first kappa shape index (κ1) is 11.8. The first-order valence-electron chi connectivity index (χ1n) is 4.94. The van der Waals surface area contributed by atoms with Crippen LogP contribution in [0.5, 0.6) is 0 Å². The van der Waals surface area contributed by atoms with Crippen molar-refractivity contribution in [3.63, 3.8) is 0 Å². The Morgan fingerprint density at radius 1 is 1.40 bits per heavy atom. The average Bonchev–Trinajstić information content (AvgIpc) is 2.26. The standard InChI is InChI=1S/C11H18N2O2/c1-7(14-2)10-6-8(12)4-5-9(10)11(13)15-3/h8,13H,1,4-6,12H2,2-3H3. The zero-order chi connectivity index (χ0) is 11.4. The molecule has 1 rings (SSSR count). The normalized spacial score (nSPS) is 21.1. The topological polar surface area (TPSA) is 68.3 Å². The molecule has 15 heavy (non-hydrogen) atoms. The summed E-state index contributed by atoms with van der Waals surface area (Å²) in [5, 5.41) is 7.68. The molecule has 0 radical (unpaired) electrons. The minimum absolute atomic E-state index is 0.125. The fraction of sp³-hybridized carbons (Fsp3) is 0.545. The molecule has 0 fully saturated rings. The van der Waals surface area contributed by atoms with Crippen molar-refractivity contribution in [1.29, 1.82) is 5.41 Å². The van der Waals surface area contributed by atoms with Crippen molar-refractivity contribution in [3.05, 3.63) is 23.5 Å². The molecule has 0 aromatic rings. The Labute approximate surface area is 90.3 Å². The SMILES string of the molecule is C=C(OC)C1=C(C(=N)OC)CCC(N)C1. The number of nitrogens with two attached hydrogens (primary N) is 1. The Morgan fingerprint density at radius 3 is 2.60 bits per heavy atom. The number of allylic oxidation sites excluding steroid dienone is 1. The summed E-state index contributed by atoms with van der Waals surface area (Å²) in [5.74, 6) is 0.775. The van der Waals surface area contributed by atoms with Crippen molar-refractivity contribution in [3.8, 4) is 0 Å². The van der Waals surface area contributed by atoms with Crippen molar-refractivity contribution in [1.82, 2.24) is 0 Å². The van der Waals surface area contributed by atoms with E-state index < -0.39 is 0 Å². The van der Waals surface area contributed by atoms with Gasteiger partial charge in [0.05, 0.1) is 14.2 Å². The molecule has 0 aliphatic heterocycles. The van der Waals surface area contributed by atoms with E-state index in [9.17, 15) is 0 Å². The molecule has 0 aromatic heterocycles. The van der Waals surface area contributed by atoms with E-state index in [1.165, 1.54) is 7.11 Å². The Morgan fingerprint density at radius 2 is 2.07 bits per heavy atom. The molecule has 4 nitrogen and oxygen atoms in total. The Balaban J connectivity index is 3.01. The second-order valence-electron chi connectivity index (χ2n) is 3.62. The van der Waals surface area contributed by atoms with Gasteiger partial charge in [-0.3, -0.25) is 5.41 Å². The number of rotatable bonds is 3. The number of hydrogen-bond donors (Lipinski definition) is 2. The fourth-order valence-electron chi connectivity index (χ4n) is 1.75. The van der Waals surface area contributed by atoms with Crippen LogP contribution in [0.2, 0.25) is 0 Å². The van der Waals surface area contributed by atoms with Crippen LogP contribution in [0.25, 0.3) is 0 Å². The van der Waals surface area contributed by atoms with Crippen molar-refractivity contribution in [2.45, 2.75) is 25.3 Å². The van der Waals surface area contributed by atoms with Crippen LogP contribution in [0, 0.1) is 5.41 Å². The van der Waals surface area contributed by atoms with Crippen LogP contribution >= 0.6 is 0 Å². The zero-order valence-electron chi connectivity index (χ0n) is 9.30. The Bertz CT molecular complexity index is 308. The summed E-state index contributed by atoms with van der Waals surface area (Å²) in [6, 6.07) is 0.125. The molecule has 0 saturated heterocycles. The van der Waals surface area contributed by atoms with Crippen LogP contribution in [-0.4, -0.2) is 26.2 Å². The van der Waals surface area contributed by atoms with Gasteiger partial charge in [0, 0.05) is 17.2 Å². The van der Waals surface area contributed by atoms with E-state index >= 15 is 0 Å². The smallest absolute Gasteiger partial charge is 0.209 e. The quantitative estimate of drug-likeness (QED) is 0.422. The molecule has 0 aromatic carbocycles. The minimum atomic E-state index is 0.125. The molecule has 0 saturated carbocycles. The van der Waals surface area contributed by atoms with Crippen LogP contribution in [0.4, 0.5) is 0 Å². The van der Waals surface area contributed by atoms with Gasteiger partial charge in [-0.05, 0) is 19.3 Å². The molecule has 4 heteroatoms. The minimum Gasteiger partial charge on any atom is -0.497 e. The number of hydrogen-bond acceptors (Lipinski definition) is 4. The highest BCUT2D eigenvalue weighted by Gasteiger charge is 2.23. The second kappa shape index (κ2) is 4.98. The largest absolute Gasteiger partial charge is 0.497 e. The Hall–Kier alpha value is -1.29. The van der Waals surface area contributed by atoms with Gasteiger partial charge in [-0.15, -0.1) is 0 Å². The van der Waals surface area contributed by atoms with E-state index in [4.69, 9.17) is 20.6 Å². The van der Waals surface area contributed by atoms with Gasteiger partial charge in [0.1, 0.15) is 5.76 Å². The first-order valence-corrected chi connectivity index (χ1v) is 4.94. The molecule has 3 N–H and O–H groups in total. The molecule has 0 spiro atoms. The lowest BCUT2D eigenvalue weighted by atomic mass is 9.87. The Kier molecular flexibility index (Phi) is 3.91. The van der Waals surface area contributed by atoms with Gasteiger partial charge in [0.15, 0.2) is 0 Å². The molecule has 84 valence electrons. The zero-order valence-corrected chi connectivity index (χ0v) is 9.30. The summed E-state index contributed by atoms with van der Waals surface area (Å²) in [6.45, 7) is 3.81. The van der Waals surface area contributed by atoms with E-state index in [1.807, 2.05) is 0 Å². The molecule has 0 bridgehead atoms. The lowest BCUT2D eigenvalue weighted by molar-refractivity contribution is 0.295. The third-order valence-electron chi connectivity index (χ3n) is 2.66. The van der Waals surface area contributed by atoms with Gasteiger partial charge in [0.25, 0.3) is 0 Å². The van der Waals surface area contributed by atoms with Gasteiger partial charge < -0.3 is 15.2 Å².